The molecule has 4 aromatic rings. The van der Waals surface area contributed by atoms with Crippen LogP contribution in [0.25, 0.3) is 22.2 Å². The summed E-state index contributed by atoms with van der Waals surface area (Å²) in [5.74, 6) is 1.38. The third-order valence-electron chi connectivity index (χ3n) is 6.40. The van der Waals surface area contributed by atoms with E-state index in [1.54, 1.807) is 20.2 Å². The zero-order valence-electron chi connectivity index (χ0n) is 19.7. The number of benzene rings is 1. The van der Waals surface area contributed by atoms with Crippen LogP contribution in [0.3, 0.4) is 0 Å². The van der Waals surface area contributed by atoms with Crippen molar-refractivity contribution in [1.29, 1.82) is 0 Å². The highest BCUT2D eigenvalue weighted by Gasteiger charge is 2.29. The molecule has 5 rings (SSSR count). The number of imidazole rings is 1. The maximum absolute atomic E-state index is 12.5. The Morgan fingerprint density at radius 2 is 2.06 bits per heavy atom. The molecule has 9 nitrogen and oxygen atoms in total. The molecule has 1 amide bonds. The van der Waals surface area contributed by atoms with Crippen molar-refractivity contribution in [2.24, 2.45) is 7.05 Å². The number of amides is 1. The van der Waals surface area contributed by atoms with Gasteiger partial charge in [0.15, 0.2) is 0 Å². The fraction of sp³-hybridized carbons (Fsp3) is 0.360. The number of aryl methyl sites for hydroxylation is 1. The number of pyridine rings is 1. The highest BCUT2D eigenvalue weighted by atomic mass is 16.5. The molecular formula is C25H29N7O2. The number of nitrogens with zero attached hydrogens (tertiary/aromatic N) is 6. The van der Waals surface area contributed by atoms with Gasteiger partial charge in [-0.1, -0.05) is 18.2 Å². The molecule has 9 heteroatoms. The van der Waals surface area contributed by atoms with Crippen molar-refractivity contribution in [3.05, 3.63) is 60.3 Å². The number of carbonyl (C=O) groups is 1. The van der Waals surface area contributed by atoms with Crippen molar-refractivity contribution < 1.29 is 9.53 Å². The number of nitrogens with one attached hydrogen (secondary N) is 1. The predicted molar refractivity (Wildman–Crippen MR) is 129 cm³/mol. The maximum atomic E-state index is 12.5. The molecule has 0 bridgehead atoms. The fourth-order valence-electron chi connectivity index (χ4n) is 4.70. The fourth-order valence-corrected chi connectivity index (χ4v) is 4.70. The van der Waals surface area contributed by atoms with E-state index < -0.39 is 0 Å². The Morgan fingerprint density at radius 3 is 2.82 bits per heavy atom. The molecule has 176 valence electrons. The molecule has 0 aliphatic carbocycles. The molecule has 1 saturated heterocycles. The van der Waals surface area contributed by atoms with Crippen LogP contribution in [-0.2, 0) is 18.4 Å². The highest BCUT2D eigenvalue weighted by Crippen LogP contribution is 2.33. The molecule has 1 fully saturated rings. The first-order chi connectivity index (χ1) is 16.5. The molecule has 34 heavy (non-hydrogen) atoms. The molecule has 1 N–H and O–H groups in total. The molecule has 0 saturated carbocycles. The van der Waals surface area contributed by atoms with Crippen molar-refractivity contribution in [2.75, 3.05) is 26.7 Å². The number of hydrogen-bond donors (Lipinski definition) is 1. The third-order valence-corrected chi connectivity index (χ3v) is 6.40. The van der Waals surface area contributed by atoms with E-state index in [9.17, 15) is 4.79 Å². The lowest BCUT2D eigenvalue weighted by atomic mass is 10.1. The third kappa shape index (κ3) is 4.38. The molecule has 3 aromatic heterocycles. The number of aromatic nitrogens is 5. The minimum atomic E-state index is -0.121. The summed E-state index contributed by atoms with van der Waals surface area (Å²) in [6, 6.07) is 9.89. The van der Waals surface area contributed by atoms with Crippen LogP contribution in [0.2, 0.25) is 0 Å². The van der Waals surface area contributed by atoms with Crippen LogP contribution >= 0.6 is 0 Å². The summed E-state index contributed by atoms with van der Waals surface area (Å²) in [5, 5.41) is 5.30. The van der Waals surface area contributed by atoms with Gasteiger partial charge in [-0.3, -0.25) is 14.4 Å². The molecule has 1 unspecified atom stereocenters. The molecule has 1 atom stereocenters. The van der Waals surface area contributed by atoms with E-state index in [1.165, 1.54) is 5.56 Å². The molecule has 4 heterocycles. The number of fused-ring (bicyclic) bond motifs is 1. The van der Waals surface area contributed by atoms with Crippen LogP contribution in [0.4, 0.5) is 0 Å². The lowest BCUT2D eigenvalue weighted by molar-refractivity contribution is -0.131. The Balaban J connectivity index is 1.41. The van der Waals surface area contributed by atoms with Gasteiger partial charge < -0.3 is 14.6 Å². The van der Waals surface area contributed by atoms with Gasteiger partial charge in [-0.25, -0.2) is 9.97 Å². The summed E-state index contributed by atoms with van der Waals surface area (Å²) in [4.78, 5) is 29.6. The van der Waals surface area contributed by atoms with E-state index in [-0.39, 0.29) is 11.9 Å². The topological polar surface area (TPSA) is 92.2 Å². The van der Waals surface area contributed by atoms with Crippen LogP contribution in [0.5, 0.6) is 5.88 Å². The Labute approximate surface area is 198 Å². The molecular weight excluding hydrogens is 430 g/mol. The lowest BCUT2D eigenvalue weighted by Gasteiger charge is -2.27. The summed E-state index contributed by atoms with van der Waals surface area (Å²) in [7, 11) is 3.55. The monoisotopic (exact) mass is 459 g/mol. The second-order valence-electron chi connectivity index (χ2n) is 8.74. The van der Waals surface area contributed by atoms with E-state index in [2.05, 4.69) is 26.0 Å². The smallest absolute Gasteiger partial charge is 0.223 e. The average Bonchev–Trinajstić information content (AvgIpc) is 3.43. The first-order valence-electron chi connectivity index (χ1n) is 11.5. The standard InChI is InChI=1S/C25H29N7O2/c1-17(33)32-11-10-31(16-18-13-27-30(2)15-18)9-8-23(32)24-26-14-22(28-24)20-12-19-6-4-5-7-21(19)29-25(20)34-3/h4-7,12-15,23H,8-11,16H2,1-3H3,(H,26,28). The number of H-pyrrole nitrogens is 1. The minimum absolute atomic E-state index is 0.0520. The average molecular weight is 460 g/mol. The number of rotatable bonds is 5. The van der Waals surface area contributed by atoms with Gasteiger partial charge in [0.05, 0.1) is 42.3 Å². The van der Waals surface area contributed by atoms with Gasteiger partial charge in [0, 0.05) is 57.3 Å². The van der Waals surface area contributed by atoms with Gasteiger partial charge in [-0.05, 0) is 18.6 Å². The van der Waals surface area contributed by atoms with Crippen molar-refractivity contribution in [1.82, 2.24) is 34.5 Å². The van der Waals surface area contributed by atoms with Gasteiger partial charge in [-0.2, -0.15) is 5.10 Å². The molecule has 0 radical (unpaired) electrons. The van der Waals surface area contributed by atoms with Crippen molar-refractivity contribution in [2.45, 2.75) is 25.9 Å². The highest BCUT2D eigenvalue weighted by molar-refractivity contribution is 5.85. The Morgan fingerprint density at radius 1 is 1.21 bits per heavy atom. The second kappa shape index (κ2) is 9.26. The molecule has 0 spiro atoms. The SMILES string of the molecule is COc1nc2ccccc2cc1-c1cnc(C2CCN(Cc3cnn(C)c3)CCN2C(C)=O)[nH]1. The largest absolute Gasteiger partial charge is 0.480 e. The van der Waals surface area contributed by atoms with E-state index in [0.29, 0.717) is 12.4 Å². The number of aromatic amines is 1. The number of ether oxygens (including phenoxy) is 1. The van der Waals surface area contributed by atoms with Gasteiger partial charge >= 0.3 is 0 Å². The number of hydrogen-bond acceptors (Lipinski definition) is 6. The van der Waals surface area contributed by atoms with Gasteiger partial charge in [0.25, 0.3) is 0 Å². The number of para-hydroxylation sites is 1. The quantitative estimate of drug-likeness (QED) is 0.493. The second-order valence-corrected chi connectivity index (χ2v) is 8.74. The lowest BCUT2D eigenvalue weighted by Crippen LogP contribution is -2.35. The number of methoxy groups -OCH3 is 1. The minimum Gasteiger partial charge on any atom is -0.480 e. The van der Waals surface area contributed by atoms with Crippen molar-refractivity contribution >= 4 is 16.8 Å². The summed E-state index contributed by atoms with van der Waals surface area (Å²) >= 11 is 0. The van der Waals surface area contributed by atoms with Crippen LogP contribution in [0, 0.1) is 0 Å². The van der Waals surface area contributed by atoms with Crippen molar-refractivity contribution in [3.63, 3.8) is 0 Å². The van der Waals surface area contributed by atoms with Gasteiger partial charge in [-0.15, -0.1) is 0 Å². The molecule has 1 aliphatic rings. The van der Waals surface area contributed by atoms with Crippen molar-refractivity contribution in [3.8, 4) is 17.1 Å². The molecule has 1 aliphatic heterocycles. The first kappa shape index (κ1) is 22.1. The van der Waals surface area contributed by atoms with Crippen LogP contribution in [0.1, 0.15) is 30.8 Å². The molecule has 1 aromatic carbocycles. The predicted octanol–water partition coefficient (Wildman–Crippen LogP) is 3.16. The summed E-state index contributed by atoms with van der Waals surface area (Å²) in [5.41, 5.74) is 3.72. The van der Waals surface area contributed by atoms with E-state index in [1.807, 2.05) is 53.3 Å². The van der Waals surface area contributed by atoms with E-state index >= 15 is 0 Å². The Kier molecular flexibility index (Phi) is 6.02. The normalized spacial score (nSPS) is 17.1. The summed E-state index contributed by atoms with van der Waals surface area (Å²) in [6.45, 7) is 4.76. The van der Waals surface area contributed by atoms with Crippen LogP contribution < -0.4 is 4.74 Å². The Bertz CT molecular complexity index is 1310. The summed E-state index contributed by atoms with van der Waals surface area (Å²) in [6.07, 6.45) is 6.53. The number of carbonyl (C=O) groups excluding carboxylic acids is 1. The van der Waals surface area contributed by atoms with E-state index in [0.717, 1.165) is 54.0 Å². The summed E-state index contributed by atoms with van der Waals surface area (Å²) < 4.78 is 7.39. The van der Waals surface area contributed by atoms with Gasteiger partial charge in [0.1, 0.15) is 5.82 Å². The van der Waals surface area contributed by atoms with E-state index in [4.69, 9.17) is 9.72 Å². The first-order valence-corrected chi connectivity index (χ1v) is 11.5. The zero-order chi connectivity index (χ0) is 23.7. The van der Waals surface area contributed by atoms with Crippen LogP contribution in [0.15, 0.2) is 48.9 Å². The van der Waals surface area contributed by atoms with Gasteiger partial charge in [0.2, 0.25) is 11.8 Å². The maximum Gasteiger partial charge on any atom is 0.223 e. The zero-order valence-corrected chi connectivity index (χ0v) is 19.7. The Hall–Kier alpha value is -3.72. The van der Waals surface area contributed by atoms with Crippen LogP contribution in [-0.4, -0.2) is 67.2 Å².